The Hall–Kier alpha value is -4.71. The molecule has 1 fully saturated rings. The van der Waals surface area contributed by atoms with Gasteiger partial charge < -0.3 is 15.5 Å². The highest BCUT2D eigenvalue weighted by Gasteiger charge is 2.28. The Kier molecular flexibility index (Phi) is 6.09. The first-order valence-corrected chi connectivity index (χ1v) is 12.0. The third-order valence-corrected chi connectivity index (χ3v) is 6.52. The molecule has 1 aliphatic rings. The van der Waals surface area contributed by atoms with E-state index < -0.39 is 0 Å². The zero-order chi connectivity index (χ0) is 26.3. The molecule has 3 aromatic heterocycles. The van der Waals surface area contributed by atoms with Gasteiger partial charge in [-0.25, -0.2) is 9.97 Å². The Balaban J connectivity index is 1.54. The summed E-state index contributed by atoms with van der Waals surface area (Å²) in [6, 6.07) is 7.58. The highest BCUT2D eigenvalue weighted by atomic mass is 16.2. The van der Waals surface area contributed by atoms with Gasteiger partial charge in [0.1, 0.15) is 22.7 Å². The summed E-state index contributed by atoms with van der Waals surface area (Å²) in [5, 5.41) is 0. The summed E-state index contributed by atoms with van der Waals surface area (Å²) >= 11 is 0. The molecule has 0 unspecified atom stereocenters. The predicted molar refractivity (Wildman–Crippen MR) is 142 cm³/mol. The maximum atomic E-state index is 13.3. The van der Waals surface area contributed by atoms with Crippen molar-refractivity contribution in [3.05, 3.63) is 70.8 Å². The van der Waals surface area contributed by atoms with Crippen LogP contribution in [0.15, 0.2) is 42.9 Å². The van der Waals surface area contributed by atoms with E-state index in [0.29, 0.717) is 54.0 Å². The molecular formula is C28H27N7O2. The van der Waals surface area contributed by atoms with Gasteiger partial charge in [0.05, 0.1) is 6.67 Å². The number of fused-ring (bicyclic) bond motifs is 1. The summed E-state index contributed by atoms with van der Waals surface area (Å²) in [5.41, 5.74) is 12.2. The molecule has 5 rings (SSSR count). The molecular weight excluding hydrogens is 466 g/mol. The van der Waals surface area contributed by atoms with E-state index >= 15 is 0 Å². The topological polar surface area (TPSA) is 110 Å². The maximum absolute atomic E-state index is 13.3. The Bertz CT molecular complexity index is 1630. The number of hydrogen-bond acceptors (Lipinski definition) is 7. The largest absolute Gasteiger partial charge is 0.382 e. The predicted octanol–water partition coefficient (Wildman–Crippen LogP) is 3.16. The Morgan fingerprint density at radius 1 is 1.05 bits per heavy atom. The van der Waals surface area contributed by atoms with Crippen LogP contribution in [0.4, 0.5) is 11.8 Å². The smallest absolute Gasteiger partial charge is 0.299 e. The summed E-state index contributed by atoms with van der Waals surface area (Å²) in [6.07, 6.45) is 5.15. The molecule has 1 aliphatic heterocycles. The number of nitrogens with two attached hydrogens (primary N) is 1. The van der Waals surface area contributed by atoms with Crippen molar-refractivity contribution in [2.75, 3.05) is 30.4 Å². The number of carbonyl (C=O) groups is 2. The number of amides is 1. The van der Waals surface area contributed by atoms with Gasteiger partial charge in [-0.15, -0.1) is 0 Å². The highest BCUT2D eigenvalue weighted by Crippen LogP contribution is 2.33. The number of aryl methyl sites for hydroxylation is 3. The summed E-state index contributed by atoms with van der Waals surface area (Å²) in [6.45, 7) is 8.95. The van der Waals surface area contributed by atoms with Crippen molar-refractivity contribution in [3.63, 3.8) is 0 Å². The number of anilines is 2. The second-order valence-corrected chi connectivity index (χ2v) is 9.18. The fraction of sp³-hybridized carbons (Fsp3) is 0.250. The first-order chi connectivity index (χ1) is 17.8. The molecule has 9 heteroatoms. The van der Waals surface area contributed by atoms with Gasteiger partial charge in [0.25, 0.3) is 5.91 Å². The van der Waals surface area contributed by atoms with Crippen molar-refractivity contribution < 1.29 is 9.59 Å². The van der Waals surface area contributed by atoms with E-state index in [9.17, 15) is 9.59 Å². The van der Waals surface area contributed by atoms with Crippen LogP contribution < -0.4 is 10.6 Å². The molecule has 1 aromatic carbocycles. The summed E-state index contributed by atoms with van der Waals surface area (Å²) in [7, 11) is 0. The van der Waals surface area contributed by atoms with Crippen LogP contribution in [0.25, 0.3) is 16.8 Å². The minimum Gasteiger partial charge on any atom is -0.382 e. The van der Waals surface area contributed by atoms with E-state index in [0.717, 1.165) is 22.3 Å². The first kappa shape index (κ1) is 24.0. The minimum absolute atomic E-state index is 0.116. The van der Waals surface area contributed by atoms with Crippen molar-refractivity contribution in [2.24, 2.45) is 0 Å². The second-order valence-electron chi connectivity index (χ2n) is 9.18. The molecule has 186 valence electrons. The van der Waals surface area contributed by atoms with Crippen LogP contribution in [0.2, 0.25) is 0 Å². The van der Waals surface area contributed by atoms with Crippen LogP contribution in [0.1, 0.15) is 39.7 Å². The van der Waals surface area contributed by atoms with E-state index in [4.69, 9.17) is 10.7 Å². The van der Waals surface area contributed by atoms with Gasteiger partial charge >= 0.3 is 0 Å². The molecule has 0 radical (unpaired) electrons. The summed E-state index contributed by atoms with van der Waals surface area (Å²) < 4.78 is 1.89. The van der Waals surface area contributed by atoms with Gasteiger partial charge in [0, 0.05) is 42.8 Å². The average Bonchev–Trinajstić information content (AvgIpc) is 3.50. The fourth-order valence-corrected chi connectivity index (χ4v) is 4.72. The monoisotopic (exact) mass is 493 g/mol. The molecule has 9 nitrogen and oxygen atoms in total. The van der Waals surface area contributed by atoms with Gasteiger partial charge in [0.15, 0.2) is 0 Å². The van der Waals surface area contributed by atoms with E-state index in [2.05, 4.69) is 21.8 Å². The van der Waals surface area contributed by atoms with Crippen LogP contribution in [-0.4, -0.2) is 55.7 Å². The third kappa shape index (κ3) is 4.27. The Labute approximate surface area is 215 Å². The molecule has 0 saturated carbocycles. The molecule has 2 N–H and O–H groups in total. The van der Waals surface area contributed by atoms with Crippen LogP contribution >= 0.6 is 0 Å². The fourth-order valence-electron chi connectivity index (χ4n) is 4.72. The lowest BCUT2D eigenvalue weighted by atomic mass is 9.96. The molecule has 37 heavy (non-hydrogen) atoms. The van der Waals surface area contributed by atoms with Gasteiger partial charge in [-0.2, -0.15) is 0 Å². The van der Waals surface area contributed by atoms with Crippen molar-refractivity contribution >= 4 is 29.0 Å². The second kappa shape index (κ2) is 9.39. The van der Waals surface area contributed by atoms with Gasteiger partial charge in [-0.3, -0.25) is 19.0 Å². The number of carbonyl (C=O) groups excluding carboxylic acids is 2. The van der Waals surface area contributed by atoms with Gasteiger partial charge in [-0.05, 0) is 56.4 Å². The highest BCUT2D eigenvalue weighted by molar-refractivity contribution is 6.09. The zero-order valence-corrected chi connectivity index (χ0v) is 21.2. The van der Waals surface area contributed by atoms with Crippen LogP contribution in [0, 0.1) is 32.6 Å². The third-order valence-electron chi connectivity index (χ3n) is 6.52. The van der Waals surface area contributed by atoms with Crippen molar-refractivity contribution in [1.29, 1.82) is 0 Å². The summed E-state index contributed by atoms with van der Waals surface area (Å²) in [5.74, 6) is 5.94. The number of aromatic nitrogens is 4. The summed E-state index contributed by atoms with van der Waals surface area (Å²) in [4.78, 5) is 42.8. The molecule has 0 atom stereocenters. The molecule has 1 saturated heterocycles. The molecule has 0 aliphatic carbocycles. The van der Waals surface area contributed by atoms with Crippen molar-refractivity contribution in [2.45, 2.75) is 27.7 Å². The maximum Gasteiger partial charge on any atom is 0.299 e. The first-order valence-electron chi connectivity index (χ1n) is 12.0. The Morgan fingerprint density at radius 3 is 2.59 bits per heavy atom. The molecule has 4 aromatic rings. The number of pyridine rings is 1. The Morgan fingerprint density at radius 2 is 1.86 bits per heavy atom. The number of imidazole rings is 1. The van der Waals surface area contributed by atoms with E-state index in [1.807, 2.05) is 60.5 Å². The number of rotatable bonds is 4. The number of hydrogen-bond donors (Lipinski definition) is 1. The van der Waals surface area contributed by atoms with Crippen LogP contribution in [0.3, 0.4) is 0 Å². The molecule has 0 spiro atoms. The van der Waals surface area contributed by atoms with Crippen LogP contribution in [0.5, 0.6) is 0 Å². The van der Waals surface area contributed by atoms with Crippen molar-refractivity contribution in [3.8, 4) is 23.1 Å². The molecule has 4 heterocycles. The normalized spacial score (nSPS) is 13.1. The lowest BCUT2D eigenvalue weighted by Gasteiger charge is -2.17. The molecule has 0 bridgehead atoms. The minimum atomic E-state index is -0.207. The molecule has 1 amide bonds. The van der Waals surface area contributed by atoms with Gasteiger partial charge in [0.2, 0.25) is 11.7 Å². The van der Waals surface area contributed by atoms with Gasteiger partial charge in [-0.1, -0.05) is 24.1 Å². The van der Waals surface area contributed by atoms with Crippen molar-refractivity contribution in [1.82, 2.24) is 24.3 Å². The van der Waals surface area contributed by atoms with E-state index in [1.54, 1.807) is 24.2 Å². The lowest BCUT2D eigenvalue weighted by Crippen LogP contribution is -2.30. The quantitative estimate of drug-likeness (QED) is 0.343. The lowest BCUT2D eigenvalue weighted by molar-refractivity contribution is -0.124. The standard InChI is InChI=1S/C28H27N7O2/c1-5-6-22(36)33-11-12-34(16-33)28-32-24(25-27(29)30-9-10-35(25)28)20-7-8-21(18(3)14-20)26(37)23-19(4)13-17(2)15-31-23/h7-10,13-15H,11-12,16H2,1-4H3,(H2,29,30). The van der Waals surface area contributed by atoms with E-state index in [1.165, 1.54) is 0 Å². The zero-order valence-electron chi connectivity index (χ0n) is 21.2. The van der Waals surface area contributed by atoms with E-state index in [-0.39, 0.29) is 11.7 Å². The number of nitrogen functional groups attached to an aromatic ring is 1. The SMILES string of the molecule is CC#CC(=O)N1CCN(c2nc(-c3ccc(C(=O)c4ncc(C)cc4C)c(C)c3)c3c(N)nccn23)C1. The number of nitrogens with zero attached hydrogens (tertiary/aromatic N) is 6. The van der Waals surface area contributed by atoms with Crippen LogP contribution in [-0.2, 0) is 4.79 Å². The average molecular weight is 494 g/mol. The number of benzene rings is 1. The number of ketones is 1.